The summed E-state index contributed by atoms with van der Waals surface area (Å²) in [4.78, 5) is 31.6. The third kappa shape index (κ3) is 6.73. The number of benzene rings is 2. The van der Waals surface area contributed by atoms with E-state index in [0.29, 0.717) is 13.0 Å². The van der Waals surface area contributed by atoms with Gasteiger partial charge in [0.1, 0.15) is 12.4 Å². The van der Waals surface area contributed by atoms with Crippen molar-refractivity contribution >= 4 is 23.4 Å². The zero-order chi connectivity index (χ0) is 20.5. The molecule has 0 radical (unpaired) electrons. The number of anilines is 1. The molecule has 8 heteroatoms. The first-order chi connectivity index (χ1) is 13.3. The van der Waals surface area contributed by atoms with Crippen LogP contribution in [0.3, 0.4) is 0 Å². The molecule has 2 aromatic carbocycles. The first-order valence-electron chi connectivity index (χ1n) is 8.78. The fourth-order valence-electron chi connectivity index (χ4n) is 2.48. The van der Waals surface area contributed by atoms with Crippen molar-refractivity contribution in [2.45, 2.75) is 31.9 Å². The van der Waals surface area contributed by atoms with Gasteiger partial charge in [-0.1, -0.05) is 30.3 Å². The van der Waals surface area contributed by atoms with Crippen LogP contribution >= 0.6 is 0 Å². The van der Waals surface area contributed by atoms with E-state index in [9.17, 15) is 14.4 Å². The van der Waals surface area contributed by atoms with Crippen LogP contribution in [0.25, 0.3) is 0 Å². The molecular weight excluding hydrogens is 360 g/mol. The second-order valence-corrected chi connectivity index (χ2v) is 6.33. The molecule has 2 aromatic rings. The lowest BCUT2D eigenvalue weighted by molar-refractivity contribution is -0.120. The number of nitrogens with one attached hydrogen (secondary N) is 1. The lowest BCUT2D eigenvalue weighted by Crippen LogP contribution is -2.37. The fraction of sp³-hybridized carbons (Fsp3) is 0.250. The van der Waals surface area contributed by atoms with Crippen LogP contribution in [0.2, 0.25) is 0 Å². The Kier molecular flexibility index (Phi) is 7.53. The molecule has 1 heterocycles. The molecule has 148 valence electrons. The zero-order valence-corrected chi connectivity index (χ0v) is 15.4. The predicted octanol–water partition coefficient (Wildman–Crippen LogP) is 0.825. The van der Waals surface area contributed by atoms with E-state index in [1.54, 1.807) is 0 Å². The fourth-order valence-corrected chi connectivity index (χ4v) is 2.48. The van der Waals surface area contributed by atoms with E-state index in [0.717, 1.165) is 22.6 Å². The van der Waals surface area contributed by atoms with Crippen molar-refractivity contribution in [1.29, 1.82) is 0 Å². The van der Waals surface area contributed by atoms with Gasteiger partial charge < -0.3 is 27.3 Å². The Morgan fingerprint density at radius 3 is 2.46 bits per heavy atom. The van der Waals surface area contributed by atoms with E-state index in [1.165, 1.54) is 0 Å². The van der Waals surface area contributed by atoms with Crippen molar-refractivity contribution in [3.63, 3.8) is 0 Å². The summed E-state index contributed by atoms with van der Waals surface area (Å²) in [6.45, 7) is 0.543. The van der Waals surface area contributed by atoms with Crippen molar-refractivity contribution in [3.8, 4) is 5.75 Å². The van der Waals surface area contributed by atoms with Crippen molar-refractivity contribution in [3.05, 3.63) is 59.7 Å². The number of rotatable bonds is 7. The second kappa shape index (κ2) is 10.1. The van der Waals surface area contributed by atoms with Crippen LogP contribution in [-0.2, 0) is 27.4 Å². The minimum absolute atomic E-state index is 0.0465. The third-order valence-corrected chi connectivity index (χ3v) is 4.02. The molecule has 3 amide bonds. The monoisotopic (exact) mass is 384 g/mol. The van der Waals surface area contributed by atoms with Gasteiger partial charge in [-0.05, 0) is 35.7 Å². The Morgan fingerprint density at radius 1 is 1.11 bits per heavy atom. The number of carbonyl (C=O) groups excluding carboxylic acids is 3. The van der Waals surface area contributed by atoms with Crippen molar-refractivity contribution in [2.24, 2.45) is 17.2 Å². The average molecular weight is 384 g/mol. The number of primary amides is 2. The molecule has 0 aliphatic carbocycles. The van der Waals surface area contributed by atoms with E-state index in [-0.39, 0.29) is 18.7 Å². The summed E-state index contributed by atoms with van der Waals surface area (Å²) in [5.74, 6) is -0.239. The summed E-state index contributed by atoms with van der Waals surface area (Å²) in [7, 11) is 0. The second-order valence-electron chi connectivity index (χ2n) is 6.33. The van der Waals surface area contributed by atoms with Crippen LogP contribution in [-0.4, -0.2) is 23.8 Å². The van der Waals surface area contributed by atoms with Gasteiger partial charge in [-0.2, -0.15) is 0 Å². The highest BCUT2D eigenvalue weighted by molar-refractivity contribution is 5.99. The Balaban J connectivity index is 0.000000242. The highest BCUT2D eigenvalue weighted by atomic mass is 16.5. The topological polar surface area (TPSA) is 151 Å². The first kappa shape index (κ1) is 20.9. The van der Waals surface area contributed by atoms with Crippen molar-refractivity contribution in [1.82, 2.24) is 0 Å². The van der Waals surface area contributed by atoms with Gasteiger partial charge in [0.25, 0.3) is 0 Å². The number of fused-ring (bicyclic) bond motifs is 1. The molecular formula is C20H24N4O4. The van der Waals surface area contributed by atoms with Crippen LogP contribution in [0.5, 0.6) is 5.75 Å². The van der Waals surface area contributed by atoms with Crippen LogP contribution in [0.4, 0.5) is 5.69 Å². The van der Waals surface area contributed by atoms with E-state index >= 15 is 0 Å². The van der Waals surface area contributed by atoms with Gasteiger partial charge in [0.2, 0.25) is 17.7 Å². The highest BCUT2D eigenvalue weighted by Gasteiger charge is 2.17. The van der Waals surface area contributed by atoms with Crippen LogP contribution in [0.15, 0.2) is 48.5 Å². The van der Waals surface area contributed by atoms with E-state index in [1.807, 2.05) is 48.5 Å². The Morgan fingerprint density at radius 2 is 1.82 bits per heavy atom. The van der Waals surface area contributed by atoms with Crippen LogP contribution in [0, 0.1) is 0 Å². The summed E-state index contributed by atoms with van der Waals surface area (Å²) in [6.07, 6.45) is 0.770. The van der Waals surface area contributed by atoms with Crippen LogP contribution in [0.1, 0.15) is 24.0 Å². The molecule has 3 rings (SSSR count). The molecule has 8 nitrogen and oxygen atoms in total. The minimum atomic E-state index is -0.757. The summed E-state index contributed by atoms with van der Waals surface area (Å²) in [5, 5.41) is 2.80. The van der Waals surface area contributed by atoms with Gasteiger partial charge >= 0.3 is 0 Å². The van der Waals surface area contributed by atoms with Gasteiger partial charge in [0, 0.05) is 12.1 Å². The lowest BCUT2D eigenvalue weighted by Gasteiger charge is -2.07. The maximum atomic E-state index is 11.2. The molecule has 0 bridgehead atoms. The number of ether oxygens (including phenoxy) is 1. The number of carbonyl (C=O) groups is 3. The molecule has 1 aliphatic heterocycles. The zero-order valence-electron chi connectivity index (χ0n) is 15.4. The molecule has 1 aliphatic rings. The number of hydrogen-bond acceptors (Lipinski definition) is 5. The quantitative estimate of drug-likeness (QED) is 0.557. The summed E-state index contributed by atoms with van der Waals surface area (Å²) < 4.78 is 5.71. The SMILES string of the molecule is NC(=O)CCC(N)C(N)=O.O=C1Cc2cc(OCc3ccccc3)ccc2N1. The Bertz CT molecular complexity index is 839. The van der Waals surface area contributed by atoms with Gasteiger partial charge in [-0.25, -0.2) is 0 Å². The molecule has 0 fully saturated rings. The Labute approximate surface area is 163 Å². The average Bonchev–Trinajstić information content (AvgIpc) is 3.05. The third-order valence-electron chi connectivity index (χ3n) is 4.02. The molecule has 0 saturated carbocycles. The van der Waals surface area contributed by atoms with Gasteiger partial charge in [-0.3, -0.25) is 14.4 Å². The number of amides is 3. The largest absolute Gasteiger partial charge is 0.489 e. The van der Waals surface area contributed by atoms with E-state index in [4.69, 9.17) is 21.9 Å². The standard InChI is InChI=1S/C15H13NO2.C5H11N3O2/c17-15-9-12-8-13(6-7-14(12)16-15)18-10-11-4-2-1-3-5-11;6-3(5(8)10)1-2-4(7)9/h1-8H,9-10H2,(H,16,17);3H,1-2,6H2,(H2,7,9)(H2,8,10). The molecule has 0 aromatic heterocycles. The molecule has 1 atom stereocenters. The highest BCUT2D eigenvalue weighted by Crippen LogP contribution is 2.27. The Hall–Kier alpha value is -3.39. The molecule has 7 N–H and O–H groups in total. The summed E-state index contributed by atoms with van der Waals surface area (Å²) >= 11 is 0. The summed E-state index contributed by atoms with van der Waals surface area (Å²) in [5.41, 5.74) is 17.8. The molecule has 1 unspecified atom stereocenters. The van der Waals surface area contributed by atoms with E-state index in [2.05, 4.69) is 5.32 Å². The van der Waals surface area contributed by atoms with Crippen LogP contribution < -0.4 is 27.3 Å². The van der Waals surface area contributed by atoms with Gasteiger partial charge in [-0.15, -0.1) is 0 Å². The smallest absolute Gasteiger partial charge is 0.234 e. The van der Waals surface area contributed by atoms with Gasteiger partial charge in [0.15, 0.2) is 0 Å². The molecule has 0 spiro atoms. The van der Waals surface area contributed by atoms with E-state index < -0.39 is 17.9 Å². The molecule has 0 saturated heterocycles. The number of hydrogen-bond donors (Lipinski definition) is 4. The maximum absolute atomic E-state index is 11.2. The molecule has 28 heavy (non-hydrogen) atoms. The summed E-state index contributed by atoms with van der Waals surface area (Å²) in [6, 6.07) is 15.0. The number of nitrogens with two attached hydrogens (primary N) is 3. The van der Waals surface area contributed by atoms with Gasteiger partial charge in [0.05, 0.1) is 12.5 Å². The van der Waals surface area contributed by atoms with Crippen molar-refractivity contribution < 1.29 is 19.1 Å². The first-order valence-corrected chi connectivity index (χ1v) is 8.78. The van der Waals surface area contributed by atoms with Crippen molar-refractivity contribution in [2.75, 3.05) is 5.32 Å². The minimum Gasteiger partial charge on any atom is -0.489 e. The maximum Gasteiger partial charge on any atom is 0.234 e. The predicted molar refractivity (Wildman–Crippen MR) is 105 cm³/mol. The lowest BCUT2D eigenvalue weighted by atomic mass is 10.1. The normalized spacial score (nSPS) is 12.8.